The minimum atomic E-state index is 0.304. The number of hydrogen-bond acceptors (Lipinski definition) is 5. The molecule has 0 saturated heterocycles. The maximum atomic E-state index is 5.51. The van der Waals surface area contributed by atoms with E-state index >= 15 is 0 Å². The molecule has 0 aliphatic heterocycles. The van der Waals surface area contributed by atoms with Gasteiger partial charge in [-0.1, -0.05) is 19.4 Å². The first-order valence-corrected chi connectivity index (χ1v) is 6.55. The first-order valence-electron chi connectivity index (χ1n) is 5.67. The summed E-state index contributed by atoms with van der Waals surface area (Å²) < 4.78 is 0. The van der Waals surface area contributed by atoms with Crippen LogP contribution in [0.15, 0.2) is 29.9 Å². The van der Waals surface area contributed by atoms with Crippen molar-refractivity contribution in [3.05, 3.63) is 34.8 Å². The van der Waals surface area contributed by atoms with Crippen molar-refractivity contribution < 1.29 is 0 Å². The predicted molar refractivity (Wildman–Crippen MR) is 72.0 cm³/mol. The predicted octanol–water partition coefficient (Wildman–Crippen LogP) is 3.07. The molecule has 90 valence electrons. The molecule has 0 aliphatic rings. The summed E-state index contributed by atoms with van der Waals surface area (Å²) in [6.45, 7) is 2.18. The minimum absolute atomic E-state index is 0.304. The van der Waals surface area contributed by atoms with Gasteiger partial charge < -0.3 is 11.1 Å². The van der Waals surface area contributed by atoms with E-state index in [9.17, 15) is 0 Å². The molecule has 0 saturated carbocycles. The molecule has 0 radical (unpaired) electrons. The summed E-state index contributed by atoms with van der Waals surface area (Å²) in [4.78, 5) is 9.57. The van der Waals surface area contributed by atoms with Crippen LogP contribution in [0.5, 0.6) is 0 Å². The van der Waals surface area contributed by atoms with Gasteiger partial charge in [-0.15, -0.1) is 11.3 Å². The van der Waals surface area contributed by atoms with Crippen molar-refractivity contribution in [1.29, 1.82) is 0 Å². The molecule has 0 bridgehead atoms. The third kappa shape index (κ3) is 3.17. The van der Waals surface area contributed by atoms with Gasteiger partial charge in [-0.3, -0.25) is 0 Å². The SMILES string of the molecule is CCCC(Nc1cnc(N)cn1)c1cccs1. The summed E-state index contributed by atoms with van der Waals surface area (Å²) in [5.41, 5.74) is 5.51. The molecular weight excluding hydrogens is 232 g/mol. The van der Waals surface area contributed by atoms with Gasteiger partial charge in [0.15, 0.2) is 0 Å². The van der Waals surface area contributed by atoms with Crippen molar-refractivity contribution in [2.24, 2.45) is 0 Å². The van der Waals surface area contributed by atoms with Gasteiger partial charge in [-0.25, -0.2) is 9.97 Å². The number of aromatic nitrogens is 2. The monoisotopic (exact) mass is 248 g/mol. The third-order valence-corrected chi connectivity index (χ3v) is 3.44. The van der Waals surface area contributed by atoms with E-state index in [1.807, 2.05) is 0 Å². The second-order valence-electron chi connectivity index (χ2n) is 3.83. The van der Waals surface area contributed by atoms with E-state index in [-0.39, 0.29) is 0 Å². The molecule has 1 atom stereocenters. The number of nitrogens with one attached hydrogen (secondary N) is 1. The molecule has 17 heavy (non-hydrogen) atoms. The Hall–Kier alpha value is -1.62. The van der Waals surface area contributed by atoms with Crippen LogP contribution >= 0.6 is 11.3 Å². The zero-order chi connectivity index (χ0) is 12.1. The normalized spacial score (nSPS) is 12.3. The van der Waals surface area contributed by atoms with Crippen LogP contribution in [0.25, 0.3) is 0 Å². The fourth-order valence-electron chi connectivity index (χ4n) is 1.65. The van der Waals surface area contributed by atoms with E-state index in [0.29, 0.717) is 11.9 Å². The zero-order valence-corrected chi connectivity index (χ0v) is 10.6. The average Bonchev–Trinajstić information content (AvgIpc) is 2.85. The Morgan fingerprint density at radius 3 is 2.88 bits per heavy atom. The van der Waals surface area contributed by atoms with Gasteiger partial charge >= 0.3 is 0 Å². The molecule has 0 aromatic carbocycles. The van der Waals surface area contributed by atoms with E-state index in [1.54, 1.807) is 23.7 Å². The van der Waals surface area contributed by atoms with Crippen LogP contribution in [0.1, 0.15) is 30.7 Å². The van der Waals surface area contributed by atoms with E-state index in [2.05, 4.69) is 39.7 Å². The molecular formula is C12H16N4S. The standard InChI is InChI=1S/C12H16N4S/c1-2-4-9(10-5-3-6-17-10)16-12-8-14-11(13)7-15-12/h3,5-9H,2,4H2,1H3,(H2,13,14)(H,15,16). The van der Waals surface area contributed by atoms with Crippen molar-refractivity contribution in [3.8, 4) is 0 Å². The Balaban J connectivity index is 2.10. The van der Waals surface area contributed by atoms with Crippen LogP contribution in [0, 0.1) is 0 Å². The Morgan fingerprint density at radius 1 is 1.41 bits per heavy atom. The summed E-state index contributed by atoms with van der Waals surface area (Å²) in [6.07, 6.45) is 5.44. The summed E-state index contributed by atoms with van der Waals surface area (Å²) >= 11 is 1.76. The Kier molecular flexibility index (Phi) is 3.93. The van der Waals surface area contributed by atoms with Crippen molar-refractivity contribution >= 4 is 23.0 Å². The molecule has 1 unspecified atom stereocenters. The number of thiophene rings is 1. The van der Waals surface area contributed by atoms with Gasteiger partial charge in [-0.2, -0.15) is 0 Å². The summed E-state index contributed by atoms with van der Waals surface area (Å²) in [6, 6.07) is 4.51. The van der Waals surface area contributed by atoms with Crippen LogP contribution in [0.2, 0.25) is 0 Å². The van der Waals surface area contributed by atoms with Gasteiger partial charge in [0.1, 0.15) is 11.6 Å². The number of hydrogen-bond donors (Lipinski definition) is 2. The summed E-state index contributed by atoms with van der Waals surface area (Å²) in [7, 11) is 0. The number of nitrogen functional groups attached to an aromatic ring is 1. The highest BCUT2D eigenvalue weighted by Gasteiger charge is 2.11. The van der Waals surface area contributed by atoms with Crippen LogP contribution in [0.4, 0.5) is 11.6 Å². The second kappa shape index (κ2) is 5.63. The fraction of sp³-hybridized carbons (Fsp3) is 0.333. The highest BCUT2D eigenvalue weighted by Crippen LogP contribution is 2.26. The topological polar surface area (TPSA) is 63.8 Å². The third-order valence-electron chi connectivity index (χ3n) is 2.46. The largest absolute Gasteiger partial charge is 0.382 e. The first kappa shape index (κ1) is 11.9. The lowest BCUT2D eigenvalue weighted by molar-refractivity contribution is 0.684. The second-order valence-corrected chi connectivity index (χ2v) is 4.81. The first-order chi connectivity index (χ1) is 8.29. The zero-order valence-electron chi connectivity index (χ0n) is 9.76. The minimum Gasteiger partial charge on any atom is -0.382 e. The highest BCUT2D eigenvalue weighted by molar-refractivity contribution is 7.10. The van der Waals surface area contributed by atoms with Crippen molar-refractivity contribution in [2.75, 3.05) is 11.1 Å². The molecule has 3 N–H and O–H groups in total. The molecule has 0 amide bonds. The number of nitrogens with zero attached hydrogens (tertiary/aromatic N) is 2. The lowest BCUT2D eigenvalue weighted by atomic mass is 10.1. The van der Waals surface area contributed by atoms with Crippen LogP contribution in [-0.2, 0) is 0 Å². The number of rotatable bonds is 5. The molecule has 2 heterocycles. The van der Waals surface area contributed by atoms with Crippen molar-refractivity contribution in [2.45, 2.75) is 25.8 Å². The fourth-order valence-corrected chi connectivity index (χ4v) is 2.47. The Labute approximate surface area is 105 Å². The van der Waals surface area contributed by atoms with Gasteiger partial charge in [-0.05, 0) is 17.9 Å². The quantitative estimate of drug-likeness (QED) is 0.853. The van der Waals surface area contributed by atoms with Gasteiger partial charge in [0, 0.05) is 4.88 Å². The average molecular weight is 248 g/mol. The van der Waals surface area contributed by atoms with E-state index < -0.39 is 0 Å². The van der Waals surface area contributed by atoms with Crippen LogP contribution < -0.4 is 11.1 Å². The Bertz CT molecular complexity index is 438. The van der Waals surface area contributed by atoms with Crippen LogP contribution in [-0.4, -0.2) is 9.97 Å². The van der Waals surface area contributed by atoms with E-state index in [0.717, 1.165) is 18.7 Å². The lowest BCUT2D eigenvalue weighted by Gasteiger charge is -2.16. The molecule has 0 fully saturated rings. The highest BCUT2D eigenvalue weighted by atomic mass is 32.1. The maximum Gasteiger partial charge on any atom is 0.145 e. The number of anilines is 2. The molecule has 0 spiro atoms. The summed E-state index contributed by atoms with van der Waals surface area (Å²) in [5, 5.41) is 5.48. The molecule has 0 aliphatic carbocycles. The Morgan fingerprint density at radius 2 is 2.29 bits per heavy atom. The van der Waals surface area contributed by atoms with Gasteiger partial charge in [0.05, 0.1) is 18.4 Å². The molecule has 2 aromatic rings. The molecule has 2 rings (SSSR count). The van der Waals surface area contributed by atoms with E-state index in [4.69, 9.17) is 5.73 Å². The lowest BCUT2D eigenvalue weighted by Crippen LogP contribution is -2.10. The maximum absolute atomic E-state index is 5.51. The van der Waals surface area contributed by atoms with Crippen molar-refractivity contribution in [1.82, 2.24) is 9.97 Å². The number of nitrogens with two attached hydrogens (primary N) is 1. The van der Waals surface area contributed by atoms with Gasteiger partial charge in [0.2, 0.25) is 0 Å². The van der Waals surface area contributed by atoms with E-state index in [1.165, 1.54) is 4.88 Å². The van der Waals surface area contributed by atoms with Crippen LogP contribution in [0.3, 0.4) is 0 Å². The molecule has 2 aromatic heterocycles. The summed E-state index contributed by atoms with van der Waals surface area (Å²) in [5.74, 6) is 1.21. The van der Waals surface area contributed by atoms with Gasteiger partial charge in [0.25, 0.3) is 0 Å². The molecule has 4 nitrogen and oxygen atoms in total. The van der Waals surface area contributed by atoms with Crippen molar-refractivity contribution in [3.63, 3.8) is 0 Å². The molecule has 5 heteroatoms. The smallest absolute Gasteiger partial charge is 0.145 e.